The quantitative estimate of drug-likeness (QED) is 0.597. The summed E-state index contributed by atoms with van der Waals surface area (Å²) in [5.41, 5.74) is 1.06. The molecule has 0 amide bonds. The number of nitrogens with zero attached hydrogens (tertiary/aromatic N) is 2. The Morgan fingerprint density at radius 2 is 1.88 bits per heavy atom. The number of ether oxygens (including phenoxy) is 1. The molecule has 0 spiro atoms. The topological polar surface area (TPSA) is 71.5 Å². The smallest absolute Gasteiger partial charge is 0.265 e. The zero-order valence-corrected chi connectivity index (χ0v) is 20.1. The number of alkyl halides is 1. The number of pyridine rings is 1. The minimum Gasteiger partial charge on any atom is -0.493 e. The highest BCUT2D eigenvalue weighted by molar-refractivity contribution is 7.92. The highest BCUT2D eigenvalue weighted by Gasteiger charge is 2.28. The standard InChI is InChI=1S/C24H34FN3O3S/c1-17(2)15-28(24-10-5-19(13-27-24)18(3)4)32(29,30)22-8-6-21(7-9-22)31-16-20-11-12-26-14-23(20)25/h5-10,13,17-18,20,23,26H,11-12,14-16H2,1-4H3/t20-,23-/m0/s1. The minimum atomic E-state index is -3.80. The Bertz CT molecular complexity index is 963. The molecular weight excluding hydrogens is 429 g/mol. The molecule has 176 valence electrons. The molecule has 6 nitrogen and oxygen atoms in total. The number of anilines is 1. The first-order valence-electron chi connectivity index (χ1n) is 11.2. The Balaban J connectivity index is 1.77. The lowest BCUT2D eigenvalue weighted by atomic mass is 9.97. The van der Waals surface area contributed by atoms with Gasteiger partial charge in [0.1, 0.15) is 17.7 Å². The van der Waals surface area contributed by atoms with Crippen molar-refractivity contribution in [1.82, 2.24) is 10.3 Å². The molecule has 1 aromatic carbocycles. The average molecular weight is 464 g/mol. The molecule has 1 aliphatic heterocycles. The monoisotopic (exact) mass is 463 g/mol. The van der Waals surface area contributed by atoms with Crippen molar-refractivity contribution < 1.29 is 17.5 Å². The van der Waals surface area contributed by atoms with Crippen molar-refractivity contribution in [1.29, 1.82) is 0 Å². The maximum Gasteiger partial charge on any atom is 0.265 e. The van der Waals surface area contributed by atoms with Crippen molar-refractivity contribution in [2.24, 2.45) is 11.8 Å². The number of benzene rings is 1. The van der Waals surface area contributed by atoms with Gasteiger partial charge in [-0.3, -0.25) is 0 Å². The first kappa shape index (κ1) is 24.5. The van der Waals surface area contributed by atoms with Crippen LogP contribution in [0.5, 0.6) is 5.75 Å². The molecule has 0 aliphatic carbocycles. The van der Waals surface area contributed by atoms with Crippen molar-refractivity contribution in [2.45, 2.75) is 51.1 Å². The third-order valence-corrected chi connectivity index (χ3v) is 7.43. The van der Waals surface area contributed by atoms with Gasteiger partial charge in [-0.05, 0) is 60.7 Å². The van der Waals surface area contributed by atoms with Crippen molar-refractivity contribution >= 4 is 15.8 Å². The van der Waals surface area contributed by atoms with Crippen LogP contribution in [0.3, 0.4) is 0 Å². The number of hydrogen-bond acceptors (Lipinski definition) is 5. The molecule has 2 aromatic rings. The van der Waals surface area contributed by atoms with Crippen molar-refractivity contribution in [3.05, 3.63) is 48.2 Å². The zero-order valence-electron chi connectivity index (χ0n) is 19.3. The first-order chi connectivity index (χ1) is 15.2. The Labute approximate surface area is 191 Å². The van der Waals surface area contributed by atoms with Crippen molar-refractivity contribution in [3.8, 4) is 5.75 Å². The van der Waals surface area contributed by atoms with Crippen LogP contribution in [0.25, 0.3) is 0 Å². The number of rotatable bonds is 9. The number of hydrogen-bond donors (Lipinski definition) is 1. The Morgan fingerprint density at radius 1 is 1.16 bits per heavy atom. The number of piperidine rings is 1. The van der Waals surface area contributed by atoms with Gasteiger partial charge in [-0.2, -0.15) is 0 Å². The molecule has 1 N–H and O–H groups in total. The molecule has 2 heterocycles. The summed E-state index contributed by atoms with van der Waals surface area (Å²) in [6.45, 7) is 9.82. The summed E-state index contributed by atoms with van der Waals surface area (Å²) in [6.07, 6.45) is 1.53. The number of aromatic nitrogens is 1. The van der Waals surface area contributed by atoms with Crippen molar-refractivity contribution in [3.63, 3.8) is 0 Å². The molecule has 32 heavy (non-hydrogen) atoms. The predicted molar refractivity (Wildman–Crippen MR) is 126 cm³/mol. The minimum absolute atomic E-state index is 0.123. The van der Waals surface area contributed by atoms with E-state index in [1.165, 1.54) is 16.4 Å². The molecule has 1 aliphatic rings. The Kier molecular flexibility index (Phi) is 8.11. The van der Waals surface area contributed by atoms with E-state index in [2.05, 4.69) is 24.1 Å². The van der Waals surface area contributed by atoms with E-state index in [1.807, 2.05) is 19.9 Å². The van der Waals surface area contributed by atoms with Crippen LogP contribution in [0.15, 0.2) is 47.5 Å². The third kappa shape index (κ3) is 5.98. The molecule has 1 fully saturated rings. The van der Waals surface area contributed by atoms with Crippen LogP contribution in [0, 0.1) is 11.8 Å². The fourth-order valence-corrected chi connectivity index (χ4v) is 5.22. The second-order valence-electron chi connectivity index (χ2n) is 9.09. The summed E-state index contributed by atoms with van der Waals surface area (Å²) in [4.78, 5) is 4.60. The summed E-state index contributed by atoms with van der Waals surface area (Å²) in [7, 11) is -3.80. The van der Waals surface area contributed by atoms with Crippen LogP contribution >= 0.6 is 0 Å². The van der Waals surface area contributed by atoms with Crippen LogP contribution < -0.4 is 14.4 Å². The molecule has 0 radical (unpaired) electrons. The van der Waals surface area contributed by atoms with Gasteiger partial charge in [-0.1, -0.05) is 33.8 Å². The SMILES string of the molecule is CC(C)CN(c1ccc(C(C)C)cn1)S(=O)(=O)c1ccc(OC[C@@H]2CCNC[C@@H]2F)cc1. The lowest BCUT2D eigenvalue weighted by Crippen LogP contribution is -2.40. The van der Waals surface area contributed by atoms with Gasteiger partial charge in [0.25, 0.3) is 10.0 Å². The van der Waals surface area contributed by atoms with E-state index in [-0.39, 0.29) is 23.3 Å². The van der Waals surface area contributed by atoms with Gasteiger partial charge < -0.3 is 10.1 Å². The van der Waals surface area contributed by atoms with E-state index in [0.717, 1.165) is 18.5 Å². The van der Waals surface area contributed by atoms with Crippen LogP contribution in [0.2, 0.25) is 0 Å². The summed E-state index contributed by atoms with van der Waals surface area (Å²) in [5.74, 6) is 1.23. The van der Waals surface area contributed by atoms with Crippen LogP contribution in [0.4, 0.5) is 10.2 Å². The Hall–Kier alpha value is -2.19. The van der Waals surface area contributed by atoms with Gasteiger partial charge in [0, 0.05) is 25.2 Å². The van der Waals surface area contributed by atoms with Gasteiger partial charge in [0.15, 0.2) is 0 Å². The Morgan fingerprint density at radius 3 is 2.44 bits per heavy atom. The van der Waals surface area contributed by atoms with Crippen LogP contribution in [-0.4, -0.2) is 45.8 Å². The van der Waals surface area contributed by atoms with E-state index in [1.54, 1.807) is 24.4 Å². The lowest BCUT2D eigenvalue weighted by Gasteiger charge is -2.27. The average Bonchev–Trinajstić information content (AvgIpc) is 2.77. The molecular formula is C24H34FN3O3S. The molecule has 0 unspecified atom stereocenters. The van der Waals surface area contributed by atoms with E-state index in [4.69, 9.17) is 4.74 Å². The third-order valence-electron chi connectivity index (χ3n) is 5.64. The van der Waals surface area contributed by atoms with Crippen molar-refractivity contribution in [2.75, 3.05) is 30.5 Å². The fourth-order valence-electron chi connectivity index (χ4n) is 3.63. The molecule has 0 saturated carbocycles. The maximum atomic E-state index is 14.0. The van der Waals surface area contributed by atoms with E-state index in [9.17, 15) is 12.8 Å². The second-order valence-corrected chi connectivity index (χ2v) is 10.9. The normalized spacial score (nSPS) is 19.3. The summed E-state index contributed by atoms with van der Waals surface area (Å²) < 4.78 is 47.9. The van der Waals surface area contributed by atoms with E-state index in [0.29, 0.717) is 30.6 Å². The molecule has 1 saturated heterocycles. The van der Waals surface area contributed by atoms with Gasteiger partial charge in [0.05, 0.1) is 11.5 Å². The van der Waals surface area contributed by atoms with Gasteiger partial charge >= 0.3 is 0 Å². The predicted octanol–water partition coefficient (Wildman–Crippen LogP) is 4.38. The van der Waals surface area contributed by atoms with Gasteiger partial charge in [-0.15, -0.1) is 0 Å². The van der Waals surface area contributed by atoms with Gasteiger partial charge in [0.2, 0.25) is 0 Å². The highest BCUT2D eigenvalue weighted by atomic mass is 32.2. The molecule has 8 heteroatoms. The number of sulfonamides is 1. The summed E-state index contributed by atoms with van der Waals surface area (Å²) >= 11 is 0. The molecule has 3 rings (SSSR count). The largest absolute Gasteiger partial charge is 0.493 e. The zero-order chi connectivity index (χ0) is 23.3. The highest BCUT2D eigenvalue weighted by Crippen LogP contribution is 2.27. The lowest BCUT2D eigenvalue weighted by molar-refractivity contribution is 0.122. The fraction of sp³-hybridized carbons (Fsp3) is 0.542. The van der Waals surface area contributed by atoms with Gasteiger partial charge in [-0.25, -0.2) is 22.1 Å². The summed E-state index contributed by atoms with van der Waals surface area (Å²) in [6, 6.07) is 10.0. The first-order valence-corrected chi connectivity index (χ1v) is 12.7. The van der Waals surface area contributed by atoms with Crippen LogP contribution in [0.1, 0.15) is 45.6 Å². The van der Waals surface area contributed by atoms with E-state index < -0.39 is 16.2 Å². The van der Waals surface area contributed by atoms with Crippen LogP contribution in [-0.2, 0) is 10.0 Å². The molecule has 0 bridgehead atoms. The second kappa shape index (κ2) is 10.6. The summed E-state index contributed by atoms with van der Waals surface area (Å²) in [5, 5.41) is 3.03. The maximum absolute atomic E-state index is 14.0. The molecule has 2 atom stereocenters. The van der Waals surface area contributed by atoms with E-state index >= 15 is 0 Å². The molecule has 1 aromatic heterocycles. The number of nitrogens with one attached hydrogen (secondary N) is 1. The number of halogens is 1.